The third kappa shape index (κ3) is 4.35. The Bertz CT molecular complexity index is 1310. The molecule has 7 nitrogen and oxygen atoms in total. The zero-order valence-electron chi connectivity index (χ0n) is 16.4. The molecule has 7 heteroatoms. The second-order valence-corrected chi connectivity index (χ2v) is 6.99. The van der Waals surface area contributed by atoms with Crippen LogP contribution in [0.25, 0.3) is 22.0 Å². The molecule has 154 valence electrons. The number of carbonyl (C=O) groups is 2. The quantitative estimate of drug-likeness (QED) is 0.506. The molecule has 3 aromatic carbocycles. The minimum absolute atomic E-state index is 0.395. The molecule has 0 aliphatic heterocycles. The number of aliphatic carboxylic acids is 1. The fraction of sp³-hybridized carbons (Fsp3) is 0.0833. The highest BCUT2D eigenvalue weighted by molar-refractivity contribution is 5.95. The Hall–Kier alpha value is -4.26. The summed E-state index contributed by atoms with van der Waals surface area (Å²) in [5, 5.41) is 18.3. The number of amides is 1. The summed E-state index contributed by atoms with van der Waals surface area (Å²) < 4.78 is 1.04. The molecule has 0 aliphatic carbocycles. The topological polar surface area (TPSA) is 101 Å². The average Bonchev–Trinajstić information content (AvgIpc) is 2.79. The van der Waals surface area contributed by atoms with Gasteiger partial charge in [-0.15, -0.1) is 0 Å². The van der Waals surface area contributed by atoms with Crippen LogP contribution in [0.3, 0.4) is 0 Å². The van der Waals surface area contributed by atoms with Gasteiger partial charge in [-0.2, -0.15) is 5.10 Å². The van der Waals surface area contributed by atoms with E-state index < -0.39 is 30.0 Å². The molecule has 1 amide bonds. The normalized spacial score (nSPS) is 11.7. The number of carboxylic acid groups (broad SMARTS) is 1. The Balaban J connectivity index is 1.61. The highest BCUT2D eigenvalue weighted by Gasteiger charge is 2.22. The highest BCUT2D eigenvalue weighted by atomic mass is 16.4. The molecule has 0 spiro atoms. The number of rotatable bonds is 6. The van der Waals surface area contributed by atoms with Gasteiger partial charge in [-0.3, -0.25) is 9.59 Å². The smallest absolute Gasteiger partial charge is 0.330 e. The van der Waals surface area contributed by atoms with Crippen molar-refractivity contribution in [3.05, 3.63) is 101 Å². The molecule has 31 heavy (non-hydrogen) atoms. The first-order valence-corrected chi connectivity index (χ1v) is 9.66. The molecule has 1 heterocycles. The Kier molecular flexibility index (Phi) is 5.57. The average molecular weight is 413 g/mol. The van der Waals surface area contributed by atoms with Gasteiger partial charge >= 0.3 is 5.97 Å². The lowest BCUT2D eigenvalue weighted by molar-refractivity contribution is -0.142. The molecular weight excluding hydrogens is 394 g/mol. The zero-order valence-corrected chi connectivity index (χ0v) is 16.4. The van der Waals surface area contributed by atoms with Gasteiger partial charge < -0.3 is 10.4 Å². The lowest BCUT2D eigenvalue weighted by atomic mass is 10.0. The van der Waals surface area contributed by atoms with Crippen LogP contribution < -0.4 is 10.9 Å². The molecule has 0 bridgehead atoms. The minimum atomic E-state index is -1.22. The fourth-order valence-corrected chi connectivity index (χ4v) is 3.43. The first-order chi connectivity index (χ1) is 15.0. The number of carboxylic acids is 1. The van der Waals surface area contributed by atoms with E-state index in [0.717, 1.165) is 21.0 Å². The van der Waals surface area contributed by atoms with Crippen LogP contribution in [0.15, 0.2) is 89.7 Å². The van der Waals surface area contributed by atoms with E-state index in [1.54, 1.807) is 36.4 Å². The van der Waals surface area contributed by atoms with E-state index in [0.29, 0.717) is 11.3 Å². The monoisotopic (exact) mass is 413 g/mol. The van der Waals surface area contributed by atoms with Gasteiger partial charge in [-0.05, 0) is 22.4 Å². The minimum Gasteiger partial charge on any atom is -0.479 e. The SMILES string of the molecule is O=C(Cn1nc(-c2cccc3ccccc23)ccc1=O)N[C@H](C(=O)O)c1ccccc1. The van der Waals surface area contributed by atoms with Crippen molar-refractivity contribution in [2.45, 2.75) is 12.6 Å². The van der Waals surface area contributed by atoms with Crippen molar-refractivity contribution in [2.24, 2.45) is 0 Å². The lowest BCUT2D eigenvalue weighted by Gasteiger charge is -2.15. The summed E-state index contributed by atoms with van der Waals surface area (Å²) in [6.07, 6.45) is 0. The first-order valence-electron chi connectivity index (χ1n) is 9.66. The van der Waals surface area contributed by atoms with Crippen LogP contribution in [0, 0.1) is 0 Å². The van der Waals surface area contributed by atoms with Gasteiger partial charge in [0.1, 0.15) is 6.54 Å². The van der Waals surface area contributed by atoms with Crippen LogP contribution >= 0.6 is 0 Å². The van der Waals surface area contributed by atoms with Crippen molar-refractivity contribution >= 4 is 22.6 Å². The molecule has 4 rings (SSSR count). The van der Waals surface area contributed by atoms with Gasteiger partial charge in [-0.25, -0.2) is 9.48 Å². The van der Waals surface area contributed by atoms with Gasteiger partial charge in [0.25, 0.3) is 5.56 Å². The van der Waals surface area contributed by atoms with Crippen molar-refractivity contribution in [3.63, 3.8) is 0 Å². The van der Waals surface area contributed by atoms with Gasteiger partial charge in [0.05, 0.1) is 5.69 Å². The number of hydrogen-bond donors (Lipinski definition) is 2. The molecule has 1 atom stereocenters. The van der Waals surface area contributed by atoms with E-state index in [1.807, 2.05) is 42.5 Å². The third-order valence-electron chi connectivity index (χ3n) is 4.91. The van der Waals surface area contributed by atoms with E-state index in [1.165, 1.54) is 6.07 Å². The largest absolute Gasteiger partial charge is 0.479 e. The van der Waals surface area contributed by atoms with Crippen molar-refractivity contribution in [1.29, 1.82) is 0 Å². The molecule has 0 unspecified atom stereocenters. The maximum absolute atomic E-state index is 12.5. The molecule has 0 radical (unpaired) electrons. The second-order valence-electron chi connectivity index (χ2n) is 6.99. The summed E-state index contributed by atoms with van der Waals surface area (Å²) in [6.45, 7) is -0.395. The predicted octanol–water partition coefficient (Wildman–Crippen LogP) is 3.01. The molecular formula is C24H19N3O4. The van der Waals surface area contributed by atoms with E-state index in [-0.39, 0.29) is 0 Å². The van der Waals surface area contributed by atoms with Crippen LogP contribution in [0.4, 0.5) is 0 Å². The first kappa shape index (κ1) is 20.0. The summed E-state index contributed by atoms with van der Waals surface area (Å²) in [6, 6.07) is 23.7. The van der Waals surface area contributed by atoms with E-state index >= 15 is 0 Å². The lowest BCUT2D eigenvalue weighted by Crippen LogP contribution is -2.38. The Labute approximate surface area is 177 Å². The molecule has 2 N–H and O–H groups in total. The number of aromatic nitrogens is 2. The van der Waals surface area contributed by atoms with Gasteiger partial charge in [0, 0.05) is 11.6 Å². The Morgan fingerprint density at radius 3 is 2.39 bits per heavy atom. The van der Waals surface area contributed by atoms with E-state index in [9.17, 15) is 19.5 Å². The van der Waals surface area contributed by atoms with Crippen LogP contribution in [0.5, 0.6) is 0 Å². The molecule has 0 saturated heterocycles. The number of carbonyl (C=O) groups excluding carboxylic acids is 1. The van der Waals surface area contributed by atoms with Gasteiger partial charge in [-0.1, -0.05) is 72.8 Å². The predicted molar refractivity (Wildman–Crippen MR) is 116 cm³/mol. The summed E-state index contributed by atoms with van der Waals surface area (Å²) in [5.41, 5.74) is 1.36. The number of hydrogen-bond acceptors (Lipinski definition) is 4. The Morgan fingerprint density at radius 1 is 0.903 bits per heavy atom. The van der Waals surface area contributed by atoms with Crippen molar-refractivity contribution in [2.75, 3.05) is 0 Å². The molecule has 1 aromatic heterocycles. The van der Waals surface area contributed by atoms with Crippen molar-refractivity contribution in [3.8, 4) is 11.3 Å². The Morgan fingerprint density at radius 2 is 1.61 bits per heavy atom. The van der Waals surface area contributed by atoms with Crippen LogP contribution in [0.2, 0.25) is 0 Å². The standard InChI is InChI=1S/C24H19N3O4/c28-21(25-23(24(30)31)17-8-2-1-3-9-17)15-27-22(29)14-13-20(26-27)19-12-6-10-16-7-4-5-11-18(16)19/h1-14,23H,15H2,(H,25,28)(H,30,31)/t23-/m0/s1. The molecule has 0 saturated carbocycles. The zero-order chi connectivity index (χ0) is 21.8. The highest BCUT2D eigenvalue weighted by Crippen LogP contribution is 2.26. The third-order valence-corrected chi connectivity index (χ3v) is 4.91. The summed E-state index contributed by atoms with van der Waals surface area (Å²) in [4.78, 5) is 36.5. The molecule has 4 aromatic rings. The maximum atomic E-state index is 12.5. The van der Waals surface area contributed by atoms with Crippen molar-refractivity contribution in [1.82, 2.24) is 15.1 Å². The number of nitrogens with one attached hydrogen (secondary N) is 1. The molecule has 0 aliphatic rings. The van der Waals surface area contributed by atoms with E-state index in [2.05, 4.69) is 10.4 Å². The second kappa shape index (κ2) is 8.62. The van der Waals surface area contributed by atoms with Gasteiger partial charge in [0.2, 0.25) is 5.91 Å². The summed E-state index contributed by atoms with van der Waals surface area (Å²) in [5.74, 6) is -1.81. The molecule has 0 fully saturated rings. The van der Waals surface area contributed by atoms with E-state index in [4.69, 9.17) is 0 Å². The fourth-order valence-electron chi connectivity index (χ4n) is 3.43. The van der Waals surface area contributed by atoms with Gasteiger partial charge in [0.15, 0.2) is 6.04 Å². The maximum Gasteiger partial charge on any atom is 0.330 e. The summed E-state index contributed by atoms with van der Waals surface area (Å²) in [7, 11) is 0. The van der Waals surface area contributed by atoms with Crippen LogP contribution in [0.1, 0.15) is 11.6 Å². The summed E-state index contributed by atoms with van der Waals surface area (Å²) >= 11 is 0. The number of fused-ring (bicyclic) bond motifs is 1. The number of nitrogens with zero attached hydrogens (tertiary/aromatic N) is 2. The van der Waals surface area contributed by atoms with Crippen LogP contribution in [-0.4, -0.2) is 26.8 Å². The van der Waals surface area contributed by atoms with Crippen molar-refractivity contribution < 1.29 is 14.7 Å². The number of benzene rings is 3. The van der Waals surface area contributed by atoms with Crippen LogP contribution in [-0.2, 0) is 16.1 Å².